The van der Waals surface area contributed by atoms with Crippen LogP contribution in [0.2, 0.25) is 0 Å². The van der Waals surface area contributed by atoms with Crippen molar-refractivity contribution >= 4 is 15.9 Å². The standard InChI is InChI=1S/C18H22N2O4S/c1-25(23,24)20-12-11-19-18(22)17(15-5-3-2-4-6-15)13-14-7-9-16(21)10-8-14/h2-10,17,20-21H,11-13H2,1H3,(H,19,22). The summed E-state index contributed by atoms with van der Waals surface area (Å²) in [7, 11) is -3.27. The van der Waals surface area contributed by atoms with Crippen LogP contribution in [0.25, 0.3) is 0 Å². The largest absolute Gasteiger partial charge is 0.508 e. The van der Waals surface area contributed by atoms with Crippen LogP contribution in [0.3, 0.4) is 0 Å². The summed E-state index contributed by atoms with van der Waals surface area (Å²) in [6.07, 6.45) is 1.56. The smallest absolute Gasteiger partial charge is 0.227 e. The van der Waals surface area contributed by atoms with Crippen LogP contribution < -0.4 is 10.0 Å². The van der Waals surface area contributed by atoms with Gasteiger partial charge in [0.1, 0.15) is 5.75 Å². The lowest BCUT2D eigenvalue weighted by molar-refractivity contribution is -0.122. The van der Waals surface area contributed by atoms with Crippen LogP contribution in [0.4, 0.5) is 0 Å². The average Bonchev–Trinajstić information content (AvgIpc) is 2.58. The molecule has 0 saturated heterocycles. The molecule has 6 nitrogen and oxygen atoms in total. The maximum absolute atomic E-state index is 12.6. The molecule has 0 saturated carbocycles. The average molecular weight is 362 g/mol. The van der Waals surface area contributed by atoms with Gasteiger partial charge in [0.25, 0.3) is 0 Å². The predicted molar refractivity (Wildman–Crippen MR) is 96.9 cm³/mol. The van der Waals surface area contributed by atoms with Crippen LogP contribution in [0, 0.1) is 0 Å². The molecule has 0 spiro atoms. The van der Waals surface area contributed by atoms with Crippen LogP contribution >= 0.6 is 0 Å². The Bertz CT molecular complexity index is 790. The Morgan fingerprint density at radius 3 is 2.28 bits per heavy atom. The molecule has 7 heteroatoms. The fraction of sp³-hybridized carbons (Fsp3) is 0.278. The van der Waals surface area contributed by atoms with Crippen molar-refractivity contribution in [2.24, 2.45) is 0 Å². The molecule has 2 rings (SSSR count). The van der Waals surface area contributed by atoms with E-state index in [9.17, 15) is 18.3 Å². The molecule has 0 aliphatic carbocycles. The Hall–Kier alpha value is -2.38. The normalized spacial score (nSPS) is 12.5. The van der Waals surface area contributed by atoms with Crippen LogP contribution in [0.1, 0.15) is 17.0 Å². The SMILES string of the molecule is CS(=O)(=O)NCCNC(=O)C(Cc1ccc(O)cc1)c1ccccc1. The number of hydrogen-bond donors (Lipinski definition) is 3. The predicted octanol–water partition coefficient (Wildman–Crippen LogP) is 1.38. The van der Waals surface area contributed by atoms with Gasteiger partial charge in [-0.3, -0.25) is 4.79 Å². The first-order chi connectivity index (χ1) is 11.8. The van der Waals surface area contributed by atoms with Gasteiger partial charge in [0.15, 0.2) is 0 Å². The molecule has 0 aliphatic heterocycles. The number of sulfonamides is 1. The summed E-state index contributed by atoms with van der Waals surface area (Å²) in [5.41, 5.74) is 1.81. The molecule has 0 radical (unpaired) electrons. The molecule has 0 aromatic heterocycles. The van der Waals surface area contributed by atoms with Gasteiger partial charge in [-0.05, 0) is 29.7 Å². The highest BCUT2D eigenvalue weighted by Crippen LogP contribution is 2.22. The van der Waals surface area contributed by atoms with Gasteiger partial charge in [0.2, 0.25) is 15.9 Å². The van der Waals surface area contributed by atoms with Crippen molar-refractivity contribution in [3.63, 3.8) is 0 Å². The van der Waals surface area contributed by atoms with Gasteiger partial charge in [-0.25, -0.2) is 13.1 Å². The van der Waals surface area contributed by atoms with Crippen molar-refractivity contribution in [1.82, 2.24) is 10.0 Å². The zero-order chi connectivity index (χ0) is 18.3. The van der Waals surface area contributed by atoms with Gasteiger partial charge in [0.05, 0.1) is 12.2 Å². The summed E-state index contributed by atoms with van der Waals surface area (Å²) in [5.74, 6) is -0.394. The second-order valence-corrected chi connectivity index (χ2v) is 7.62. The van der Waals surface area contributed by atoms with Crippen LogP contribution in [0.15, 0.2) is 54.6 Å². The molecule has 0 aliphatic rings. The molecule has 134 valence electrons. The van der Waals surface area contributed by atoms with E-state index < -0.39 is 15.9 Å². The number of carbonyl (C=O) groups excluding carboxylic acids is 1. The van der Waals surface area contributed by atoms with Gasteiger partial charge >= 0.3 is 0 Å². The molecule has 2 aromatic carbocycles. The Morgan fingerprint density at radius 2 is 1.68 bits per heavy atom. The molecule has 1 amide bonds. The summed E-state index contributed by atoms with van der Waals surface area (Å²) in [5, 5.41) is 12.2. The van der Waals surface area contributed by atoms with Gasteiger partial charge in [-0.2, -0.15) is 0 Å². The topological polar surface area (TPSA) is 95.5 Å². The van der Waals surface area contributed by atoms with Gasteiger partial charge in [0, 0.05) is 13.1 Å². The van der Waals surface area contributed by atoms with E-state index in [0.717, 1.165) is 17.4 Å². The van der Waals surface area contributed by atoms with Crippen LogP contribution in [-0.2, 0) is 21.2 Å². The van der Waals surface area contributed by atoms with E-state index in [0.29, 0.717) is 6.42 Å². The van der Waals surface area contributed by atoms with E-state index in [4.69, 9.17) is 0 Å². The van der Waals surface area contributed by atoms with Crippen molar-refractivity contribution in [2.45, 2.75) is 12.3 Å². The van der Waals surface area contributed by atoms with Gasteiger partial charge in [-0.1, -0.05) is 42.5 Å². The summed E-state index contributed by atoms with van der Waals surface area (Å²) < 4.78 is 24.5. The minimum absolute atomic E-state index is 0.144. The number of phenols is 1. The number of rotatable bonds is 8. The molecule has 0 heterocycles. The van der Waals surface area contributed by atoms with E-state index in [-0.39, 0.29) is 24.7 Å². The summed E-state index contributed by atoms with van der Waals surface area (Å²) in [6.45, 7) is 0.357. The van der Waals surface area contributed by atoms with Gasteiger partial charge < -0.3 is 10.4 Å². The first kappa shape index (κ1) is 19.0. The molecular formula is C18H22N2O4S. The third kappa shape index (κ3) is 6.56. The Balaban J connectivity index is 2.06. The first-order valence-electron chi connectivity index (χ1n) is 7.90. The second-order valence-electron chi connectivity index (χ2n) is 5.79. The molecule has 0 bridgehead atoms. The summed E-state index contributed by atoms with van der Waals surface area (Å²) in [6, 6.07) is 16.1. The number of amides is 1. The molecule has 3 N–H and O–H groups in total. The van der Waals surface area contributed by atoms with E-state index >= 15 is 0 Å². The lowest BCUT2D eigenvalue weighted by Crippen LogP contribution is -2.37. The Labute approximate surface area is 147 Å². The number of nitrogens with one attached hydrogen (secondary N) is 2. The molecular weight excluding hydrogens is 340 g/mol. The summed E-state index contributed by atoms with van der Waals surface area (Å²) >= 11 is 0. The number of phenolic OH excluding ortho intramolecular Hbond substituents is 1. The number of aromatic hydroxyl groups is 1. The molecule has 25 heavy (non-hydrogen) atoms. The Kier molecular flexibility index (Phi) is 6.55. The lowest BCUT2D eigenvalue weighted by Gasteiger charge is -2.17. The van der Waals surface area contributed by atoms with E-state index in [2.05, 4.69) is 10.0 Å². The Morgan fingerprint density at radius 1 is 1.04 bits per heavy atom. The molecule has 1 atom stereocenters. The number of carbonyl (C=O) groups is 1. The maximum Gasteiger partial charge on any atom is 0.227 e. The molecule has 2 aromatic rings. The second kappa shape index (κ2) is 8.64. The minimum Gasteiger partial charge on any atom is -0.508 e. The van der Waals surface area contributed by atoms with Crippen molar-refractivity contribution in [2.75, 3.05) is 19.3 Å². The first-order valence-corrected chi connectivity index (χ1v) is 9.79. The van der Waals surface area contributed by atoms with E-state index in [1.807, 2.05) is 30.3 Å². The molecule has 0 fully saturated rings. The fourth-order valence-corrected chi connectivity index (χ4v) is 2.93. The zero-order valence-electron chi connectivity index (χ0n) is 14.0. The van der Waals surface area contributed by atoms with Crippen molar-refractivity contribution in [1.29, 1.82) is 0 Å². The maximum atomic E-state index is 12.6. The van der Waals surface area contributed by atoms with Crippen molar-refractivity contribution in [3.8, 4) is 5.75 Å². The van der Waals surface area contributed by atoms with Crippen molar-refractivity contribution in [3.05, 3.63) is 65.7 Å². The van der Waals surface area contributed by atoms with Crippen LogP contribution in [0.5, 0.6) is 5.75 Å². The van der Waals surface area contributed by atoms with Gasteiger partial charge in [-0.15, -0.1) is 0 Å². The third-order valence-corrected chi connectivity index (χ3v) is 4.41. The lowest BCUT2D eigenvalue weighted by atomic mass is 9.91. The van der Waals surface area contributed by atoms with Crippen LogP contribution in [-0.4, -0.2) is 38.8 Å². The van der Waals surface area contributed by atoms with Crippen molar-refractivity contribution < 1.29 is 18.3 Å². The zero-order valence-corrected chi connectivity index (χ0v) is 14.8. The highest BCUT2D eigenvalue weighted by molar-refractivity contribution is 7.88. The fourth-order valence-electron chi connectivity index (χ4n) is 2.46. The third-order valence-electron chi connectivity index (χ3n) is 3.68. The quantitative estimate of drug-likeness (QED) is 0.618. The number of hydrogen-bond acceptors (Lipinski definition) is 4. The number of benzene rings is 2. The summed E-state index contributed by atoms with van der Waals surface area (Å²) in [4.78, 5) is 12.6. The highest BCUT2D eigenvalue weighted by Gasteiger charge is 2.20. The van der Waals surface area contributed by atoms with E-state index in [1.165, 1.54) is 0 Å². The highest BCUT2D eigenvalue weighted by atomic mass is 32.2. The minimum atomic E-state index is -3.27. The molecule has 1 unspecified atom stereocenters. The van der Waals surface area contributed by atoms with E-state index in [1.54, 1.807) is 24.3 Å². The monoisotopic (exact) mass is 362 g/mol.